The predicted octanol–water partition coefficient (Wildman–Crippen LogP) is 1.44. The molecule has 0 bridgehead atoms. The Kier molecular flexibility index (Phi) is 5.93. The Hall–Kier alpha value is -0.950. The third kappa shape index (κ3) is 5.28. The molecule has 0 fully saturated rings. The third-order valence-corrected chi connectivity index (χ3v) is 3.05. The zero-order valence-corrected chi connectivity index (χ0v) is 12.7. The van der Waals surface area contributed by atoms with Crippen LogP contribution in [0.15, 0.2) is 28.7 Å². The standard InChI is InChI=1S/C13H19BrN2O3/c1-3-19-12(17)13(2,18)9-16(15)8-10-4-6-11(14)7-5-10/h4-7,18H,3,8-9,15H2,1-2H3/t13-/m1/s1. The summed E-state index contributed by atoms with van der Waals surface area (Å²) in [4.78, 5) is 11.5. The summed E-state index contributed by atoms with van der Waals surface area (Å²) in [5.41, 5.74) is -0.620. The predicted molar refractivity (Wildman–Crippen MR) is 76.0 cm³/mol. The second kappa shape index (κ2) is 7.00. The summed E-state index contributed by atoms with van der Waals surface area (Å²) in [5.74, 6) is 5.15. The van der Waals surface area contributed by atoms with E-state index in [4.69, 9.17) is 10.6 Å². The Morgan fingerprint density at radius 3 is 2.58 bits per heavy atom. The number of esters is 1. The molecule has 1 aromatic carbocycles. The molecule has 0 heterocycles. The normalized spacial score (nSPS) is 14.2. The van der Waals surface area contributed by atoms with Crippen molar-refractivity contribution in [2.24, 2.45) is 5.84 Å². The molecule has 0 amide bonds. The lowest BCUT2D eigenvalue weighted by Gasteiger charge is -2.26. The summed E-state index contributed by atoms with van der Waals surface area (Å²) in [5, 5.41) is 11.4. The molecule has 0 unspecified atom stereocenters. The number of rotatable bonds is 6. The number of carbonyl (C=O) groups excluding carboxylic acids is 1. The van der Waals surface area contributed by atoms with Crippen molar-refractivity contribution in [3.05, 3.63) is 34.3 Å². The molecule has 3 N–H and O–H groups in total. The van der Waals surface area contributed by atoms with Crippen LogP contribution in [-0.4, -0.2) is 34.8 Å². The smallest absolute Gasteiger partial charge is 0.339 e. The van der Waals surface area contributed by atoms with Crippen LogP contribution >= 0.6 is 15.9 Å². The SMILES string of the molecule is CCOC(=O)[C@](C)(O)CN(N)Cc1ccc(Br)cc1. The molecule has 0 spiro atoms. The molecule has 1 rings (SSSR count). The molecular formula is C13H19BrN2O3. The number of nitrogens with zero attached hydrogens (tertiary/aromatic N) is 1. The van der Waals surface area contributed by atoms with E-state index >= 15 is 0 Å². The van der Waals surface area contributed by atoms with Gasteiger partial charge in [0.15, 0.2) is 5.60 Å². The first-order chi connectivity index (χ1) is 8.85. The fraction of sp³-hybridized carbons (Fsp3) is 0.462. The fourth-order valence-corrected chi connectivity index (χ4v) is 1.89. The van der Waals surface area contributed by atoms with Gasteiger partial charge in [0.05, 0.1) is 13.2 Å². The molecule has 5 nitrogen and oxygen atoms in total. The molecular weight excluding hydrogens is 312 g/mol. The van der Waals surface area contributed by atoms with Gasteiger partial charge in [0.2, 0.25) is 0 Å². The van der Waals surface area contributed by atoms with E-state index in [9.17, 15) is 9.90 Å². The Bertz CT molecular complexity index is 420. The number of benzene rings is 1. The lowest BCUT2D eigenvalue weighted by Crippen LogP contribution is -2.49. The van der Waals surface area contributed by atoms with Gasteiger partial charge >= 0.3 is 5.97 Å². The lowest BCUT2D eigenvalue weighted by atomic mass is 10.1. The number of hydrogen-bond acceptors (Lipinski definition) is 5. The number of hydrazine groups is 1. The topological polar surface area (TPSA) is 75.8 Å². The van der Waals surface area contributed by atoms with Gasteiger partial charge in [-0.1, -0.05) is 28.1 Å². The Balaban J connectivity index is 2.56. The average Bonchev–Trinajstić information content (AvgIpc) is 2.31. The molecule has 6 heteroatoms. The van der Waals surface area contributed by atoms with Gasteiger partial charge < -0.3 is 9.84 Å². The first-order valence-corrected chi connectivity index (χ1v) is 6.78. The Morgan fingerprint density at radius 1 is 1.47 bits per heavy atom. The molecule has 0 aliphatic carbocycles. The van der Waals surface area contributed by atoms with Gasteiger partial charge in [-0.2, -0.15) is 0 Å². The van der Waals surface area contributed by atoms with Crippen LogP contribution in [-0.2, 0) is 16.1 Å². The van der Waals surface area contributed by atoms with Crippen LogP contribution in [0.2, 0.25) is 0 Å². The molecule has 0 aliphatic rings. The molecule has 0 saturated heterocycles. The van der Waals surface area contributed by atoms with Crippen molar-refractivity contribution < 1.29 is 14.6 Å². The van der Waals surface area contributed by atoms with E-state index in [1.807, 2.05) is 24.3 Å². The molecule has 1 aromatic rings. The fourth-order valence-electron chi connectivity index (χ4n) is 1.63. The lowest BCUT2D eigenvalue weighted by molar-refractivity contribution is -0.165. The quantitative estimate of drug-likeness (QED) is 0.469. The van der Waals surface area contributed by atoms with Crippen LogP contribution in [0.3, 0.4) is 0 Å². The minimum Gasteiger partial charge on any atom is -0.464 e. The second-order valence-corrected chi connectivity index (χ2v) is 5.44. The van der Waals surface area contributed by atoms with Crippen LogP contribution in [0, 0.1) is 0 Å². The van der Waals surface area contributed by atoms with Gasteiger partial charge in [-0.15, -0.1) is 0 Å². The van der Waals surface area contributed by atoms with Gasteiger partial charge in [-0.3, -0.25) is 5.84 Å². The third-order valence-electron chi connectivity index (χ3n) is 2.53. The van der Waals surface area contributed by atoms with Crippen molar-refractivity contribution in [3.8, 4) is 0 Å². The summed E-state index contributed by atoms with van der Waals surface area (Å²) in [6.45, 7) is 3.75. The summed E-state index contributed by atoms with van der Waals surface area (Å²) in [6, 6.07) is 7.66. The number of nitrogens with two attached hydrogens (primary N) is 1. The summed E-state index contributed by atoms with van der Waals surface area (Å²) >= 11 is 3.35. The number of halogens is 1. The largest absolute Gasteiger partial charge is 0.464 e. The maximum Gasteiger partial charge on any atom is 0.339 e. The van der Waals surface area contributed by atoms with Crippen LogP contribution in [0.25, 0.3) is 0 Å². The number of aliphatic hydroxyl groups is 1. The van der Waals surface area contributed by atoms with E-state index in [0.29, 0.717) is 6.54 Å². The van der Waals surface area contributed by atoms with Crippen molar-refractivity contribution in [2.75, 3.05) is 13.2 Å². The average molecular weight is 331 g/mol. The van der Waals surface area contributed by atoms with Crippen LogP contribution in [0.5, 0.6) is 0 Å². The van der Waals surface area contributed by atoms with Crippen molar-refractivity contribution in [3.63, 3.8) is 0 Å². The van der Waals surface area contributed by atoms with Gasteiger partial charge in [0.25, 0.3) is 0 Å². The minimum absolute atomic E-state index is 0.00188. The Labute approximate surface area is 121 Å². The maximum atomic E-state index is 11.5. The van der Waals surface area contributed by atoms with E-state index < -0.39 is 11.6 Å². The molecule has 0 saturated carbocycles. The highest BCUT2D eigenvalue weighted by Crippen LogP contribution is 2.13. The van der Waals surface area contributed by atoms with Crippen molar-refractivity contribution >= 4 is 21.9 Å². The number of carbonyl (C=O) groups is 1. The minimum atomic E-state index is -1.61. The first-order valence-electron chi connectivity index (χ1n) is 5.99. The molecule has 0 aromatic heterocycles. The Morgan fingerprint density at radius 2 is 2.05 bits per heavy atom. The maximum absolute atomic E-state index is 11.5. The van der Waals surface area contributed by atoms with Crippen molar-refractivity contribution in [1.29, 1.82) is 0 Å². The van der Waals surface area contributed by atoms with E-state index in [1.165, 1.54) is 11.9 Å². The highest BCUT2D eigenvalue weighted by atomic mass is 79.9. The summed E-state index contributed by atoms with van der Waals surface area (Å²) in [6.07, 6.45) is 0. The van der Waals surface area contributed by atoms with Gasteiger partial charge in [0, 0.05) is 11.0 Å². The molecule has 0 radical (unpaired) electrons. The summed E-state index contributed by atoms with van der Waals surface area (Å²) in [7, 11) is 0. The van der Waals surface area contributed by atoms with E-state index in [2.05, 4.69) is 15.9 Å². The van der Waals surface area contributed by atoms with Gasteiger partial charge in [-0.05, 0) is 31.5 Å². The molecule has 19 heavy (non-hydrogen) atoms. The van der Waals surface area contributed by atoms with Gasteiger partial charge in [-0.25, -0.2) is 9.80 Å². The summed E-state index contributed by atoms with van der Waals surface area (Å²) < 4.78 is 5.78. The van der Waals surface area contributed by atoms with E-state index in [0.717, 1.165) is 10.0 Å². The highest BCUT2D eigenvalue weighted by Gasteiger charge is 2.33. The van der Waals surface area contributed by atoms with Gasteiger partial charge in [0.1, 0.15) is 0 Å². The van der Waals surface area contributed by atoms with E-state index in [-0.39, 0.29) is 13.2 Å². The zero-order valence-electron chi connectivity index (χ0n) is 11.1. The van der Waals surface area contributed by atoms with Crippen molar-refractivity contribution in [2.45, 2.75) is 26.0 Å². The van der Waals surface area contributed by atoms with Crippen molar-refractivity contribution in [1.82, 2.24) is 5.01 Å². The van der Waals surface area contributed by atoms with E-state index in [1.54, 1.807) is 6.92 Å². The molecule has 106 valence electrons. The zero-order chi connectivity index (χ0) is 14.5. The number of ether oxygens (including phenoxy) is 1. The highest BCUT2D eigenvalue weighted by molar-refractivity contribution is 9.10. The van der Waals surface area contributed by atoms with Crippen LogP contribution in [0.4, 0.5) is 0 Å². The first kappa shape index (κ1) is 16.1. The van der Waals surface area contributed by atoms with Crippen LogP contribution < -0.4 is 5.84 Å². The molecule has 1 atom stereocenters. The second-order valence-electron chi connectivity index (χ2n) is 4.53. The monoisotopic (exact) mass is 330 g/mol. The van der Waals surface area contributed by atoms with Crippen LogP contribution in [0.1, 0.15) is 19.4 Å². The molecule has 0 aliphatic heterocycles. The number of hydrogen-bond donors (Lipinski definition) is 2.